The van der Waals surface area contributed by atoms with Crippen molar-refractivity contribution in [2.45, 2.75) is 30.2 Å². The maximum absolute atomic E-state index is 12.9. The molecular formula is C16H15BrN2O5S. The van der Waals surface area contributed by atoms with Crippen LogP contribution in [-0.2, 0) is 21.2 Å². The number of carbonyl (C=O) groups is 1. The Morgan fingerprint density at radius 2 is 2.16 bits per heavy atom. The topological polar surface area (TPSA) is 97.6 Å². The van der Waals surface area contributed by atoms with E-state index in [4.69, 9.17) is 9.15 Å². The molecule has 1 aromatic carbocycles. The second-order valence-electron chi connectivity index (χ2n) is 5.98. The van der Waals surface area contributed by atoms with Crippen molar-refractivity contribution in [3.63, 3.8) is 0 Å². The third-order valence-electron chi connectivity index (χ3n) is 4.31. The standard InChI is InChI=1S/C16H15BrN2O5S/c17-10-6-12-14(24-8-16(20)18-12)7-15(10)25(21,22)19-11-2-1-3-13-9(11)4-5-23-13/h4-7,11,19H,1-3,8H2,(H,18,20). The zero-order chi connectivity index (χ0) is 17.6. The summed E-state index contributed by atoms with van der Waals surface area (Å²) in [6.07, 6.45) is 3.97. The molecule has 0 saturated heterocycles. The van der Waals surface area contributed by atoms with Crippen LogP contribution in [0.1, 0.15) is 30.2 Å². The highest BCUT2D eigenvalue weighted by atomic mass is 79.9. The molecule has 2 aromatic rings. The first-order chi connectivity index (χ1) is 11.9. The molecule has 0 spiro atoms. The highest BCUT2D eigenvalue weighted by molar-refractivity contribution is 9.10. The number of hydrogen-bond acceptors (Lipinski definition) is 5. The highest BCUT2D eigenvalue weighted by Crippen LogP contribution is 2.37. The number of nitrogens with one attached hydrogen (secondary N) is 2. The van der Waals surface area contributed by atoms with Crippen molar-refractivity contribution in [2.24, 2.45) is 0 Å². The van der Waals surface area contributed by atoms with Crippen molar-refractivity contribution < 1.29 is 22.4 Å². The van der Waals surface area contributed by atoms with E-state index in [2.05, 4.69) is 26.0 Å². The molecule has 1 aliphatic heterocycles. The van der Waals surface area contributed by atoms with Gasteiger partial charge in [-0.15, -0.1) is 0 Å². The number of sulfonamides is 1. The number of halogens is 1. The van der Waals surface area contributed by atoms with Gasteiger partial charge in [0.05, 0.1) is 18.0 Å². The van der Waals surface area contributed by atoms with E-state index in [9.17, 15) is 13.2 Å². The van der Waals surface area contributed by atoms with Crippen LogP contribution in [0.3, 0.4) is 0 Å². The van der Waals surface area contributed by atoms with Gasteiger partial charge in [0, 0.05) is 22.5 Å². The van der Waals surface area contributed by atoms with Gasteiger partial charge in [-0.2, -0.15) is 0 Å². The number of aryl methyl sites for hydroxylation is 1. The number of ether oxygens (including phenoxy) is 1. The molecule has 0 saturated carbocycles. The molecule has 9 heteroatoms. The molecule has 7 nitrogen and oxygen atoms in total. The van der Waals surface area contributed by atoms with E-state index >= 15 is 0 Å². The zero-order valence-corrected chi connectivity index (χ0v) is 15.4. The molecule has 2 aliphatic rings. The van der Waals surface area contributed by atoms with Crippen LogP contribution in [0.25, 0.3) is 0 Å². The van der Waals surface area contributed by atoms with Gasteiger partial charge in [0.15, 0.2) is 6.61 Å². The van der Waals surface area contributed by atoms with Crippen LogP contribution in [0, 0.1) is 0 Å². The van der Waals surface area contributed by atoms with Gasteiger partial charge < -0.3 is 14.5 Å². The number of fused-ring (bicyclic) bond motifs is 2. The van der Waals surface area contributed by atoms with Gasteiger partial charge in [-0.1, -0.05) is 0 Å². The van der Waals surface area contributed by atoms with E-state index in [1.165, 1.54) is 12.1 Å². The van der Waals surface area contributed by atoms with Crippen molar-refractivity contribution in [3.8, 4) is 5.75 Å². The van der Waals surface area contributed by atoms with Gasteiger partial charge in [0.2, 0.25) is 10.0 Å². The third kappa shape index (κ3) is 3.07. The summed E-state index contributed by atoms with van der Waals surface area (Å²) in [7, 11) is -3.79. The molecule has 1 atom stereocenters. The van der Waals surface area contributed by atoms with Gasteiger partial charge in [-0.25, -0.2) is 13.1 Å². The molecule has 0 radical (unpaired) electrons. The molecule has 0 bridgehead atoms. The van der Waals surface area contributed by atoms with E-state index in [1.807, 2.05) is 6.07 Å². The predicted octanol–water partition coefficient (Wildman–Crippen LogP) is 2.73. The number of rotatable bonds is 3. The van der Waals surface area contributed by atoms with Crippen LogP contribution in [0.4, 0.5) is 5.69 Å². The third-order valence-corrected chi connectivity index (χ3v) is 6.74. The lowest BCUT2D eigenvalue weighted by atomic mass is 9.94. The number of anilines is 1. The van der Waals surface area contributed by atoms with Gasteiger partial charge in [0.25, 0.3) is 5.91 Å². The fraction of sp³-hybridized carbons (Fsp3) is 0.312. The van der Waals surface area contributed by atoms with Crippen LogP contribution in [-0.4, -0.2) is 20.9 Å². The molecule has 0 fully saturated rings. The van der Waals surface area contributed by atoms with Crippen LogP contribution >= 0.6 is 15.9 Å². The summed E-state index contributed by atoms with van der Waals surface area (Å²) in [6, 6.07) is 4.43. The van der Waals surface area contributed by atoms with Gasteiger partial charge >= 0.3 is 0 Å². The molecular weight excluding hydrogens is 412 g/mol. The lowest BCUT2D eigenvalue weighted by molar-refractivity contribution is -0.118. The second-order valence-corrected chi connectivity index (χ2v) is 8.52. The fourth-order valence-electron chi connectivity index (χ4n) is 3.15. The Morgan fingerprint density at radius 1 is 1.32 bits per heavy atom. The van der Waals surface area contributed by atoms with Crippen LogP contribution in [0.5, 0.6) is 5.75 Å². The first kappa shape index (κ1) is 16.6. The first-order valence-electron chi connectivity index (χ1n) is 7.79. The summed E-state index contributed by atoms with van der Waals surface area (Å²) >= 11 is 3.28. The number of amides is 1. The van der Waals surface area contributed by atoms with Gasteiger partial charge in [-0.3, -0.25) is 4.79 Å². The predicted molar refractivity (Wildman–Crippen MR) is 93.0 cm³/mol. The normalized spacial score (nSPS) is 19.6. The van der Waals surface area contributed by atoms with Crippen LogP contribution in [0.2, 0.25) is 0 Å². The number of benzene rings is 1. The minimum Gasteiger partial charge on any atom is -0.482 e. The Kier molecular flexibility index (Phi) is 4.09. The summed E-state index contributed by atoms with van der Waals surface area (Å²) in [5.74, 6) is 0.883. The largest absolute Gasteiger partial charge is 0.482 e. The molecule has 2 heterocycles. The van der Waals surface area contributed by atoms with Crippen LogP contribution < -0.4 is 14.8 Å². The van der Waals surface area contributed by atoms with E-state index in [-0.39, 0.29) is 23.5 Å². The maximum atomic E-state index is 12.9. The number of hydrogen-bond donors (Lipinski definition) is 2. The Morgan fingerprint density at radius 3 is 3.00 bits per heavy atom. The lowest BCUT2D eigenvalue weighted by Crippen LogP contribution is -2.31. The molecule has 1 aliphatic carbocycles. The monoisotopic (exact) mass is 426 g/mol. The van der Waals surface area contributed by atoms with E-state index in [1.54, 1.807) is 6.26 Å². The molecule has 25 heavy (non-hydrogen) atoms. The van der Waals surface area contributed by atoms with Crippen molar-refractivity contribution in [1.29, 1.82) is 0 Å². The molecule has 1 amide bonds. The first-order valence-corrected chi connectivity index (χ1v) is 10.1. The molecule has 4 rings (SSSR count). The summed E-state index contributed by atoms with van der Waals surface area (Å²) < 4.78 is 39.6. The minimum absolute atomic E-state index is 0.0676. The highest BCUT2D eigenvalue weighted by Gasteiger charge is 2.30. The minimum atomic E-state index is -3.79. The number of carbonyl (C=O) groups excluding carboxylic acids is 1. The Labute approximate surface area is 152 Å². The fourth-order valence-corrected chi connectivity index (χ4v) is 5.45. The molecule has 2 N–H and O–H groups in total. The second kappa shape index (κ2) is 6.15. The van der Waals surface area contributed by atoms with Gasteiger partial charge in [0.1, 0.15) is 16.4 Å². The Balaban J connectivity index is 1.67. The van der Waals surface area contributed by atoms with E-state index in [0.29, 0.717) is 22.3 Å². The Bertz CT molecular complexity index is 953. The average molecular weight is 427 g/mol. The quantitative estimate of drug-likeness (QED) is 0.785. The maximum Gasteiger partial charge on any atom is 0.262 e. The van der Waals surface area contributed by atoms with Crippen LogP contribution in [0.15, 0.2) is 38.2 Å². The van der Waals surface area contributed by atoms with Crippen molar-refractivity contribution >= 4 is 37.5 Å². The smallest absolute Gasteiger partial charge is 0.262 e. The molecule has 1 aromatic heterocycles. The summed E-state index contributed by atoms with van der Waals surface area (Å²) in [5, 5.41) is 2.65. The van der Waals surface area contributed by atoms with Gasteiger partial charge in [-0.05, 0) is 40.9 Å². The Hall–Kier alpha value is -1.84. The van der Waals surface area contributed by atoms with Crippen molar-refractivity contribution in [2.75, 3.05) is 11.9 Å². The lowest BCUT2D eigenvalue weighted by Gasteiger charge is -2.24. The molecule has 132 valence electrons. The number of furan rings is 1. The SMILES string of the molecule is O=C1COc2cc(S(=O)(=O)NC3CCCc4occc43)c(Br)cc2N1. The van der Waals surface area contributed by atoms with E-state index in [0.717, 1.165) is 24.2 Å². The van der Waals surface area contributed by atoms with Crippen molar-refractivity contribution in [1.82, 2.24) is 4.72 Å². The van der Waals surface area contributed by atoms with Crippen molar-refractivity contribution in [3.05, 3.63) is 40.3 Å². The average Bonchev–Trinajstić information content (AvgIpc) is 3.03. The summed E-state index contributed by atoms with van der Waals surface area (Å²) in [5.41, 5.74) is 1.32. The molecule has 1 unspecified atom stereocenters. The van der Waals surface area contributed by atoms with E-state index < -0.39 is 10.0 Å². The summed E-state index contributed by atoms with van der Waals surface area (Å²) in [4.78, 5) is 11.4. The summed E-state index contributed by atoms with van der Waals surface area (Å²) in [6.45, 7) is -0.136. The zero-order valence-electron chi connectivity index (χ0n) is 13.0.